The number of hydrogen-bond acceptors (Lipinski definition) is 3. The Morgan fingerprint density at radius 3 is 2.62 bits per heavy atom. The molecule has 26 heavy (non-hydrogen) atoms. The summed E-state index contributed by atoms with van der Waals surface area (Å²) >= 11 is 0. The van der Waals surface area contributed by atoms with Crippen LogP contribution in [0, 0.1) is 5.82 Å². The van der Waals surface area contributed by atoms with Gasteiger partial charge in [-0.2, -0.15) is 5.10 Å². The second-order valence-electron chi connectivity index (χ2n) is 5.92. The van der Waals surface area contributed by atoms with Gasteiger partial charge in [0.15, 0.2) is 0 Å². The molecule has 0 aliphatic heterocycles. The smallest absolute Gasteiger partial charge is 0.276 e. The first-order valence-electron chi connectivity index (χ1n) is 8.12. The monoisotopic (exact) mass is 349 g/mol. The van der Waals surface area contributed by atoms with Gasteiger partial charge in [0.2, 0.25) is 0 Å². The number of ether oxygens (including phenoxy) is 1. The van der Waals surface area contributed by atoms with Gasteiger partial charge < -0.3 is 9.30 Å². The van der Waals surface area contributed by atoms with Crippen LogP contribution in [0.5, 0.6) is 5.75 Å². The first-order chi connectivity index (χ1) is 12.7. The lowest BCUT2D eigenvalue weighted by Gasteiger charge is -2.06. The van der Waals surface area contributed by atoms with Gasteiger partial charge in [0, 0.05) is 18.0 Å². The largest absolute Gasteiger partial charge is 0.496 e. The van der Waals surface area contributed by atoms with E-state index in [0.717, 1.165) is 11.1 Å². The predicted molar refractivity (Wildman–Crippen MR) is 96.9 cm³/mol. The van der Waals surface area contributed by atoms with Gasteiger partial charge in [-0.1, -0.05) is 24.3 Å². The number of benzene rings is 2. The fourth-order valence-electron chi connectivity index (χ4n) is 2.93. The molecule has 0 atom stereocenters. The molecule has 6 heteroatoms. The molecular weight excluding hydrogens is 333 g/mol. The Labute approximate surface area is 148 Å². The minimum atomic E-state index is -0.297. The van der Waals surface area contributed by atoms with Crippen LogP contribution in [0.2, 0.25) is 0 Å². The Hall–Kier alpha value is -3.41. The van der Waals surface area contributed by atoms with Crippen molar-refractivity contribution in [1.82, 2.24) is 14.2 Å². The van der Waals surface area contributed by atoms with Crippen LogP contribution in [0.4, 0.5) is 4.39 Å². The van der Waals surface area contributed by atoms with Crippen LogP contribution in [0.1, 0.15) is 5.56 Å². The molecule has 0 saturated heterocycles. The summed E-state index contributed by atoms with van der Waals surface area (Å²) in [5.74, 6) is 0.399. The molecule has 0 spiro atoms. The van der Waals surface area contributed by atoms with Crippen molar-refractivity contribution >= 4 is 5.52 Å². The zero-order valence-corrected chi connectivity index (χ0v) is 14.1. The Kier molecular flexibility index (Phi) is 4.01. The van der Waals surface area contributed by atoms with Gasteiger partial charge in [0.1, 0.15) is 17.1 Å². The van der Waals surface area contributed by atoms with Crippen molar-refractivity contribution in [2.75, 3.05) is 7.11 Å². The Bertz CT molecular complexity index is 1130. The molecule has 4 rings (SSSR count). The van der Waals surface area contributed by atoms with Crippen molar-refractivity contribution in [1.29, 1.82) is 0 Å². The standard InChI is InChI=1S/C20H16FN3O2/c1-26-19-5-3-2-4-16(19)17-12-18-20(25)23(10-11-24(18)22-17)13-14-6-8-15(21)9-7-14/h2-12H,13H2,1H3. The highest BCUT2D eigenvalue weighted by Gasteiger charge is 2.12. The highest BCUT2D eigenvalue weighted by Crippen LogP contribution is 2.28. The lowest BCUT2D eigenvalue weighted by Crippen LogP contribution is -2.21. The molecule has 5 nitrogen and oxygen atoms in total. The van der Waals surface area contributed by atoms with Crippen LogP contribution in [-0.2, 0) is 6.54 Å². The number of nitrogens with zero attached hydrogens (tertiary/aromatic N) is 3. The third-order valence-corrected chi connectivity index (χ3v) is 4.25. The van der Waals surface area contributed by atoms with E-state index < -0.39 is 0 Å². The van der Waals surface area contributed by atoms with Crippen molar-refractivity contribution in [2.45, 2.75) is 6.54 Å². The van der Waals surface area contributed by atoms with Crippen molar-refractivity contribution in [2.24, 2.45) is 0 Å². The highest BCUT2D eigenvalue weighted by atomic mass is 19.1. The van der Waals surface area contributed by atoms with Crippen molar-refractivity contribution in [3.63, 3.8) is 0 Å². The number of hydrogen-bond donors (Lipinski definition) is 0. The summed E-state index contributed by atoms with van der Waals surface area (Å²) in [5.41, 5.74) is 2.64. The first-order valence-corrected chi connectivity index (χ1v) is 8.12. The molecule has 130 valence electrons. The molecule has 0 amide bonds. The Balaban J connectivity index is 1.76. The van der Waals surface area contributed by atoms with E-state index in [1.165, 1.54) is 12.1 Å². The first kappa shape index (κ1) is 16.1. The quantitative estimate of drug-likeness (QED) is 0.568. The summed E-state index contributed by atoms with van der Waals surface area (Å²) in [7, 11) is 1.60. The van der Waals surface area contributed by atoms with Crippen LogP contribution in [0.25, 0.3) is 16.8 Å². The highest BCUT2D eigenvalue weighted by molar-refractivity contribution is 5.71. The van der Waals surface area contributed by atoms with Gasteiger partial charge in [0.25, 0.3) is 5.56 Å². The molecule has 0 N–H and O–H groups in total. The molecular formula is C20H16FN3O2. The van der Waals surface area contributed by atoms with Crippen LogP contribution in [-0.4, -0.2) is 21.3 Å². The van der Waals surface area contributed by atoms with E-state index in [1.807, 2.05) is 24.3 Å². The van der Waals surface area contributed by atoms with E-state index in [0.29, 0.717) is 23.5 Å². The van der Waals surface area contributed by atoms with Gasteiger partial charge in [-0.15, -0.1) is 0 Å². The predicted octanol–water partition coefficient (Wildman–Crippen LogP) is 3.36. The fraction of sp³-hybridized carbons (Fsp3) is 0.100. The zero-order valence-electron chi connectivity index (χ0n) is 14.1. The zero-order chi connectivity index (χ0) is 18.1. The number of methoxy groups -OCH3 is 1. The molecule has 0 aliphatic rings. The third-order valence-electron chi connectivity index (χ3n) is 4.25. The average molecular weight is 349 g/mol. The lowest BCUT2D eigenvalue weighted by atomic mass is 10.1. The average Bonchev–Trinajstić information content (AvgIpc) is 3.11. The van der Waals surface area contributed by atoms with Crippen LogP contribution >= 0.6 is 0 Å². The maximum Gasteiger partial charge on any atom is 0.276 e. The second kappa shape index (κ2) is 6.48. The van der Waals surface area contributed by atoms with E-state index in [2.05, 4.69) is 5.10 Å². The molecule has 0 aliphatic carbocycles. The molecule has 2 aromatic heterocycles. The van der Waals surface area contributed by atoms with Crippen molar-refractivity contribution in [3.05, 3.63) is 88.7 Å². The second-order valence-corrected chi connectivity index (χ2v) is 5.92. The summed E-state index contributed by atoms with van der Waals surface area (Å²) in [6, 6.07) is 15.4. The number of rotatable bonds is 4. The Morgan fingerprint density at radius 1 is 1.08 bits per heavy atom. The van der Waals surface area contributed by atoms with Crippen molar-refractivity contribution < 1.29 is 9.13 Å². The number of halogens is 1. The molecule has 0 bridgehead atoms. The summed E-state index contributed by atoms with van der Waals surface area (Å²) < 4.78 is 21.6. The molecule has 0 unspecified atom stereocenters. The maximum absolute atomic E-state index is 13.0. The van der Waals surface area contributed by atoms with Gasteiger partial charge >= 0.3 is 0 Å². The van der Waals surface area contributed by atoms with Gasteiger partial charge in [-0.3, -0.25) is 4.79 Å². The molecule has 0 fully saturated rings. The van der Waals surface area contributed by atoms with E-state index in [1.54, 1.807) is 46.8 Å². The van der Waals surface area contributed by atoms with Gasteiger partial charge in [-0.25, -0.2) is 8.91 Å². The number of fused-ring (bicyclic) bond motifs is 1. The molecule has 0 radical (unpaired) electrons. The van der Waals surface area contributed by atoms with Crippen LogP contribution in [0.15, 0.2) is 71.8 Å². The summed E-state index contributed by atoms with van der Waals surface area (Å²) in [6.45, 7) is 0.366. The summed E-state index contributed by atoms with van der Waals surface area (Å²) in [6.07, 6.45) is 3.41. The third kappa shape index (κ3) is 2.86. The van der Waals surface area contributed by atoms with E-state index >= 15 is 0 Å². The number of para-hydroxylation sites is 1. The normalized spacial score (nSPS) is 11.0. The van der Waals surface area contributed by atoms with Crippen LogP contribution in [0.3, 0.4) is 0 Å². The minimum absolute atomic E-state index is 0.162. The summed E-state index contributed by atoms with van der Waals surface area (Å²) in [4.78, 5) is 12.8. The Morgan fingerprint density at radius 2 is 1.85 bits per heavy atom. The van der Waals surface area contributed by atoms with Crippen molar-refractivity contribution in [3.8, 4) is 17.0 Å². The minimum Gasteiger partial charge on any atom is -0.496 e. The fourth-order valence-corrected chi connectivity index (χ4v) is 2.93. The summed E-state index contributed by atoms with van der Waals surface area (Å²) in [5, 5.41) is 4.49. The topological polar surface area (TPSA) is 48.5 Å². The van der Waals surface area contributed by atoms with Gasteiger partial charge in [-0.05, 0) is 35.9 Å². The van der Waals surface area contributed by atoms with Gasteiger partial charge in [0.05, 0.1) is 19.3 Å². The molecule has 4 aromatic rings. The van der Waals surface area contributed by atoms with Crippen LogP contribution < -0.4 is 10.3 Å². The maximum atomic E-state index is 13.0. The molecule has 2 aromatic carbocycles. The number of aromatic nitrogens is 3. The lowest BCUT2D eigenvalue weighted by molar-refractivity contribution is 0.416. The van der Waals surface area contributed by atoms with E-state index in [-0.39, 0.29) is 11.4 Å². The molecule has 0 saturated carbocycles. The van der Waals surface area contributed by atoms with E-state index in [4.69, 9.17) is 4.74 Å². The SMILES string of the molecule is COc1ccccc1-c1cc2c(=O)n(Cc3ccc(F)cc3)ccn2n1. The van der Waals surface area contributed by atoms with E-state index in [9.17, 15) is 9.18 Å². The molecule has 2 heterocycles.